The molecular formula is C22H23N3O2S. The smallest absolute Gasteiger partial charge is 0.191 e. The number of hydrogen-bond acceptors (Lipinski definition) is 5. The number of ether oxygens (including phenoxy) is 1. The van der Waals surface area contributed by atoms with E-state index in [4.69, 9.17) is 4.74 Å². The van der Waals surface area contributed by atoms with Crippen LogP contribution in [-0.2, 0) is 19.9 Å². The van der Waals surface area contributed by atoms with Crippen LogP contribution in [0.25, 0.3) is 11.4 Å². The standard InChI is InChI=1S/C22H23N3O2S/c1-14(20(26)17-12-11-15-7-6-8-16(15)13-17)28-22-24-23-21(25(22)2)18-9-4-5-10-19(18)27-3/h4-5,9-14H,6-8H2,1-3H3. The van der Waals surface area contributed by atoms with Crippen molar-refractivity contribution in [1.29, 1.82) is 0 Å². The quantitative estimate of drug-likeness (QED) is 0.460. The summed E-state index contributed by atoms with van der Waals surface area (Å²) in [4.78, 5) is 12.9. The normalized spacial score (nSPS) is 14.0. The van der Waals surface area contributed by atoms with Crippen molar-refractivity contribution in [3.05, 3.63) is 59.2 Å². The van der Waals surface area contributed by atoms with Crippen molar-refractivity contribution in [2.45, 2.75) is 36.6 Å². The van der Waals surface area contributed by atoms with E-state index in [2.05, 4.69) is 22.3 Å². The SMILES string of the molecule is COc1ccccc1-c1nnc(SC(C)C(=O)c2ccc3c(c2)CCC3)n1C. The van der Waals surface area contributed by atoms with Crippen molar-refractivity contribution in [3.63, 3.8) is 0 Å². The summed E-state index contributed by atoms with van der Waals surface area (Å²) >= 11 is 1.43. The van der Waals surface area contributed by atoms with E-state index < -0.39 is 0 Å². The van der Waals surface area contributed by atoms with Gasteiger partial charge in [-0.2, -0.15) is 0 Å². The number of Topliss-reactive ketones (excluding diaryl/α,β-unsaturated/α-hetero) is 1. The first kappa shape index (κ1) is 18.7. The number of ketones is 1. The van der Waals surface area contributed by atoms with Gasteiger partial charge in [0.05, 0.1) is 17.9 Å². The maximum Gasteiger partial charge on any atom is 0.191 e. The van der Waals surface area contributed by atoms with E-state index in [0.29, 0.717) is 5.16 Å². The third kappa shape index (κ3) is 3.44. The average Bonchev–Trinajstić information content (AvgIpc) is 3.33. The summed E-state index contributed by atoms with van der Waals surface area (Å²) < 4.78 is 7.35. The van der Waals surface area contributed by atoms with Gasteiger partial charge < -0.3 is 9.30 Å². The first-order chi connectivity index (χ1) is 13.6. The Morgan fingerprint density at radius 3 is 2.75 bits per heavy atom. The number of thioether (sulfide) groups is 1. The second kappa shape index (κ2) is 7.80. The monoisotopic (exact) mass is 393 g/mol. The Bertz CT molecular complexity index is 1030. The van der Waals surface area contributed by atoms with Crippen LogP contribution in [0.4, 0.5) is 0 Å². The van der Waals surface area contributed by atoms with Crippen LogP contribution in [-0.4, -0.2) is 32.9 Å². The Morgan fingerprint density at radius 1 is 1.14 bits per heavy atom. The highest BCUT2D eigenvalue weighted by atomic mass is 32.2. The van der Waals surface area contributed by atoms with E-state index in [1.807, 2.05) is 48.9 Å². The van der Waals surface area contributed by atoms with Gasteiger partial charge in [0.1, 0.15) is 5.75 Å². The molecule has 1 atom stereocenters. The van der Waals surface area contributed by atoms with E-state index in [1.165, 1.54) is 29.3 Å². The van der Waals surface area contributed by atoms with Crippen LogP contribution < -0.4 is 4.74 Å². The van der Waals surface area contributed by atoms with Gasteiger partial charge in [0.15, 0.2) is 16.8 Å². The Labute approximate surface area is 169 Å². The fourth-order valence-electron chi connectivity index (χ4n) is 3.65. The summed E-state index contributed by atoms with van der Waals surface area (Å²) in [5, 5.41) is 9.11. The van der Waals surface area contributed by atoms with Crippen molar-refractivity contribution in [1.82, 2.24) is 14.8 Å². The highest BCUT2D eigenvalue weighted by Crippen LogP contribution is 2.32. The molecule has 1 heterocycles. The van der Waals surface area contributed by atoms with Crippen LogP contribution >= 0.6 is 11.8 Å². The summed E-state index contributed by atoms with van der Waals surface area (Å²) in [6, 6.07) is 13.9. The number of benzene rings is 2. The number of carbonyl (C=O) groups is 1. The number of fused-ring (bicyclic) bond motifs is 1. The highest BCUT2D eigenvalue weighted by molar-refractivity contribution is 8.00. The van der Waals surface area contributed by atoms with Gasteiger partial charge >= 0.3 is 0 Å². The molecule has 28 heavy (non-hydrogen) atoms. The predicted molar refractivity (Wildman–Crippen MR) is 111 cm³/mol. The molecule has 5 nitrogen and oxygen atoms in total. The van der Waals surface area contributed by atoms with Gasteiger partial charge in [-0.25, -0.2) is 0 Å². The number of aryl methyl sites for hydroxylation is 2. The van der Waals surface area contributed by atoms with Crippen LogP contribution in [0, 0.1) is 0 Å². The predicted octanol–water partition coefficient (Wildman–Crippen LogP) is 4.34. The van der Waals surface area contributed by atoms with E-state index in [0.717, 1.165) is 35.5 Å². The number of carbonyl (C=O) groups excluding carboxylic acids is 1. The second-order valence-corrected chi connectivity index (χ2v) is 8.33. The fraction of sp³-hybridized carbons (Fsp3) is 0.318. The average molecular weight is 394 g/mol. The molecule has 1 unspecified atom stereocenters. The van der Waals surface area contributed by atoms with Crippen molar-refractivity contribution < 1.29 is 9.53 Å². The van der Waals surface area contributed by atoms with Gasteiger partial charge in [0.25, 0.3) is 0 Å². The van der Waals surface area contributed by atoms with Crippen LogP contribution in [0.1, 0.15) is 34.8 Å². The summed E-state index contributed by atoms with van der Waals surface area (Å²) in [6.45, 7) is 1.93. The van der Waals surface area contributed by atoms with Crippen LogP contribution in [0.5, 0.6) is 5.75 Å². The maximum absolute atomic E-state index is 12.9. The zero-order valence-electron chi connectivity index (χ0n) is 16.3. The zero-order chi connectivity index (χ0) is 19.7. The number of methoxy groups -OCH3 is 1. The first-order valence-corrected chi connectivity index (χ1v) is 10.3. The number of hydrogen-bond donors (Lipinski definition) is 0. The lowest BCUT2D eigenvalue weighted by Crippen LogP contribution is -2.14. The van der Waals surface area contributed by atoms with Crippen molar-refractivity contribution >= 4 is 17.5 Å². The third-order valence-electron chi connectivity index (χ3n) is 5.22. The molecule has 0 spiro atoms. The summed E-state index contributed by atoms with van der Waals surface area (Å²) in [7, 11) is 3.55. The molecule has 1 aromatic heterocycles. The maximum atomic E-state index is 12.9. The lowest BCUT2D eigenvalue weighted by atomic mass is 10.0. The molecule has 1 aliphatic rings. The molecule has 0 fully saturated rings. The van der Waals surface area contributed by atoms with Crippen LogP contribution in [0.3, 0.4) is 0 Å². The molecule has 1 aliphatic carbocycles. The molecule has 0 bridgehead atoms. The lowest BCUT2D eigenvalue weighted by molar-refractivity contribution is 0.0993. The fourth-order valence-corrected chi connectivity index (χ4v) is 4.54. The molecule has 144 valence electrons. The van der Waals surface area contributed by atoms with E-state index in [-0.39, 0.29) is 11.0 Å². The Balaban J connectivity index is 1.54. The highest BCUT2D eigenvalue weighted by Gasteiger charge is 2.22. The first-order valence-electron chi connectivity index (χ1n) is 9.44. The third-order valence-corrected chi connectivity index (χ3v) is 6.35. The second-order valence-electron chi connectivity index (χ2n) is 7.03. The zero-order valence-corrected chi connectivity index (χ0v) is 17.1. The number of rotatable bonds is 6. The summed E-state index contributed by atoms with van der Waals surface area (Å²) in [5.41, 5.74) is 4.36. The molecular weight excluding hydrogens is 370 g/mol. The number of para-hydroxylation sites is 1. The number of nitrogens with zero attached hydrogens (tertiary/aromatic N) is 3. The minimum atomic E-state index is -0.243. The summed E-state index contributed by atoms with van der Waals surface area (Å²) in [6.07, 6.45) is 3.38. The van der Waals surface area contributed by atoms with Crippen LogP contribution in [0.15, 0.2) is 47.6 Å². The van der Waals surface area contributed by atoms with Gasteiger partial charge in [0.2, 0.25) is 0 Å². The van der Waals surface area contributed by atoms with Crippen LogP contribution in [0.2, 0.25) is 0 Å². The van der Waals surface area contributed by atoms with Crippen molar-refractivity contribution in [3.8, 4) is 17.1 Å². The molecule has 0 saturated heterocycles. The molecule has 3 aromatic rings. The molecule has 2 aromatic carbocycles. The molecule has 0 saturated carbocycles. The summed E-state index contributed by atoms with van der Waals surface area (Å²) in [5.74, 6) is 1.59. The van der Waals surface area contributed by atoms with Gasteiger partial charge in [-0.3, -0.25) is 4.79 Å². The van der Waals surface area contributed by atoms with E-state index in [1.54, 1.807) is 7.11 Å². The molecule has 0 amide bonds. The molecule has 6 heteroatoms. The lowest BCUT2D eigenvalue weighted by Gasteiger charge is -2.12. The Kier molecular flexibility index (Phi) is 5.22. The Hall–Kier alpha value is -2.60. The minimum Gasteiger partial charge on any atom is -0.496 e. The van der Waals surface area contributed by atoms with Crippen molar-refractivity contribution in [2.75, 3.05) is 7.11 Å². The number of aromatic nitrogens is 3. The minimum absolute atomic E-state index is 0.126. The van der Waals surface area contributed by atoms with Gasteiger partial charge in [-0.1, -0.05) is 36.0 Å². The van der Waals surface area contributed by atoms with Crippen molar-refractivity contribution in [2.24, 2.45) is 7.05 Å². The van der Waals surface area contributed by atoms with E-state index in [9.17, 15) is 4.79 Å². The van der Waals surface area contributed by atoms with Gasteiger partial charge in [0, 0.05) is 12.6 Å². The topological polar surface area (TPSA) is 57.0 Å². The van der Waals surface area contributed by atoms with Gasteiger partial charge in [-0.05, 0) is 55.5 Å². The Morgan fingerprint density at radius 2 is 1.93 bits per heavy atom. The van der Waals surface area contributed by atoms with Gasteiger partial charge in [-0.15, -0.1) is 10.2 Å². The molecule has 4 rings (SSSR count). The van der Waals surface area contributed by atoms with E-state index >= 15 is 0 Å². The molecule has 0 N–H and O–H groups in total. The largest absolute Gasteiger partial charge is 0.496 e. The molecule has 0 radical (unpaired) electrons. The molecule has 0 aliphatic heterocycles.